The zero-order valence-electron chi connectivity index (χ0n) is 15.6. The summed E-state index contributed by atoms with van der Waals surface area (Å²) in [5.74, 6) is -1.15. The van der Waals surface area contributed by atoms with Crippen molar-refractivity contribution in [2.24, 2.45) is 0 Å². The Kier molecular flexibility index (Phi) is 6.56. The summed E-state index contributed by atoms with van der Waals surface area (Å²) in [5, 5.41) is 11.3. The van der Waals surface area contributed by atoms with Crippen molar-refractivity contribution in [3.05, 3.63) is 27.8 Å². The van der Waals surface area contributed by atoms with Gasteiger partial charge in [0.1, 0.15) is 5.56 Å². The lowest BCUT2D eigenvalue weighted by atomic mass is 10.1. The number of esters is 1. The first-order valence-electron chi connectivity index (χ1n) is 8.27. The van der Waals surface area contributed by atoms with E-state index in [1.807, 2.05) is 13.8 Å². The summed E-state index contributed by atoms with van der Waals surface area (Å²) in [4.78, 5) is 36.7. The van der Waals surface area contributed by atoms with E-state index in [9.17, 15) is 19.7 Å². The highest BCUT2D eigenvalue weighted by molar-refractivity contribution is 5.96. The Hall–Kier alpha value is -2.88. The Morgan fingerprint density at radius 2 is 1.74 bits per heavy atom. The molecule has 0 N–H and O–H groups in total. The molecule has 10 nitrogen and oxygen atoms in total. The number of ether oxygens (including phenoxy) is 4. The van der Waals surface area contributed by atoms with Crippen molar-refractivity contribution in [1.82, 2.24) is 4.90 Å². The topological polar surface area (TPSA) is 117 Å². The first-order chi connectivity index (χ1) is 12.8. The van der Waals surface area contributed by atoms with Crippen LogP contribution in [0.3, 0.4) is 0 Å². The summed E-state index contributed by atoms with van der Waals surface area (Å²) in [5.41, 5.74) is -0.826. The van der Waals surface area contributed by atoms with Crippen LogP contribution >= 0.6 is 0 Å². The molecule has 0 aliphatic carbocycles. The number of methoxy groups -OCH3 is 2. The largest absolute Gasteiger partial charge is 0.493 e. The number of benzene rings is 1. The molecule has 1 heterocycles. The predicted molar refractivity (Wildman–Crippen MR) is 93.1 cm³/mol. The lowest BCUT2D eigenvalue weighted by molar-refractivity contribution is -0.385. The third-order valence-electron chi connectivity index (χ3n) is 4.02. The normalized spacial score (nSPS) is 19.3. The molecule has 1 saturated heterocycles. The van der Waals surface area contributed by atoms with Crippen molar-refractivity contribution in [1.29, 1.82) is 0 Å². The molecule has 10 heteroatoms. The van der Waals surface area contributed by atoms with Gasteiger partial charge in [-0.25, -0.2) is 4.79 Å². The van der Waals surface area contributed by atoms with Crippen molar-refractivity contribution < 1.29 is 33.5 Å². The van der Waals surface area contributed by atoms with Gasteiger partial charge in [-0.1, -0.05) is 0 Å². The lowest BCUT2D eigenvalue weighted by Crippen LogP contribution is -2.49. The van der Waals surface area contributed by atoms with Crippen LogP contribution in [-0.4, -0.2) is 67.8 Å². The minimum absolute atomic E-state index is 0.105. The van der Waals surface area contributed by atoms with Crippen molar-refractivity contribution in [3.63, 3.8) is 0 Å². The second kappa shape index (κ2) is 8.67. The maximum atomic E-state index is 12.3. The molecule has 2 rings (SSSR count). The van der Waals surface area contributed by atoms with E-state index in [1.54, 1.807) is 0 Å². The number of morpholine rings is 1. The molecule has 2 atom stereocenters. The molecule has 1 aromatic rings. The molecular weight excluding hydrogens is 360 g/mol. The highest BCUT2D eigenvalue weighted by Gasteiger charge is 2.29. The Morgan fingerprint density at radius 3 is 2.26 bits per heavy atom. The van der Waals surface area contributed by atoms with Crippen LogP contribution in [0, 0.1) is 10.1 Å². The Morgan fingerprint density at radius 1 is 1.19 bits per heavy atom. The minimum Gasteiger partial charge on any atom is -0.493 e. The monoisotopic (exact) mass is 382 g/mol. The van der Waals surface area contributed by atoms with Gasteiger partial charge in [0.2, 0.25) is 0 Å². The molecular formula is C17H22N2O8. The van der Waals surface area contributed by atoms with Crippen LogP contribution in [0.25, 0.3) is 0 Å². The van der Waals surface area contributed by atoms with Crippen LogP contribution in [-0.2, 0) is 14.3 Å². The van der Waals surface area contributed by atoms with E-state index in [4.69, 9.17) is 18.9 Å². The molecule has 148 valence electrons. The molecule has 0 saturated carbocycles. The zero-order chi connectivity index (χ0) is 20.1. The number of hydrogen-bond acceptors (Lipinski definition) is 8. The fourth-order valence-electron chi connectivity index (χ4n) is 2.86. The summed E-state index contributed by atoms with van der Waals surface area (Å²) in [6.45, 7) is 3.93. The van der Waals surface area contributed by atoms with Gasteiger partial charge in [-0.3, -0.25) is 14.9 Å². The standard InChI is InChI=1S/C17H22N2O8/c1-10-7-18(8-11(2)27-10)16(20)9-26-17(21)12-5-14(24-3)15(25-4)6-13(12)19(22)23/h5-6,10-11H,7-9H2,1-4H3/t10-,11-/m0/s1. The molecule has 0 bridgehead atoms. The van der Waals surface area contributed by atoms with Crippen molar-refractivity contribution >= 4 is 17.6 Å². The number of nitro benzene ring substituents is 1. The maximum Gasteiger partial charge on any atom is 0.345 e. The van der Waals surface area contributed by atoms with E-state index in [-0.39, 0.29) is 29.3 Å². The average molecular weight is 382 g/mol. The first-order valence-corrected chi connectivity index (χ1v) is 8.27. The Balaban J connectivity index is 2.13. The SMILES string of the molecule is COc1cc(C(=O)OCC(=O)N2C[C@H](C)O[C@@H](C)C2)c([N+](=O)[O-])cc1OC. The average Bonchev–Trinajstić information content (AvgIpc) is 2.63. The predicted octanol–water partition coefficient (Wildman–Crippen LogP) is 1.40. The van der Waals surface area contributed by atoms with Crippen LogP contribution in [0.4, 0.5) is 5.69 Å². The highest BCUT2D eigenvalue weighted by Crippen LogP contribution is 2.34. The molecule has 1 aromatic carbocycles. The van der Waals surface area contributed by atoms with Crippen LogP contribution < -0.4 is 9.47 Å². The van der Waals surface area contributed by atoms with Gasteiger partial charge in [0.15, 0.2) is 18.1 Å². The number of amides is 1. The molecule has 0 unspecified atom stereocenters. The van der Waals surface area contributed by atoms with Crippen LogP contribution in [0.2, 0.25) is 0 Å². The van der Waals surface area contributed by atoms with Gasteiger partial charge in [0, 0.05) is 19.2 Å². The second-order valence-corrected chi connectivity index (χ2v) is 6.11. The van der Waals surface area contributed by atoms with E-state index in [0.29, 0.717) is 13.1 Å². The number of carbonyl (C=O) groups is 2. The van der Waals surface area contributed by atoms with E-state index in [2.05, 4.69) is 0 Å². The Labute approximate surface area is 156 Å². The van der Waals surface area contributed by atoms with Crippen molar-refractivity contribution in [2.75, 3.05) is 33.9 Å². The zero-order valence-corrected chi connectivity index (χ0v) is 15.6. The molecule has 0 spiro atoms. The summed E-state index contributed by atoms with van der Waals surface area (Å²) >= 11 is 0. The number of carbonyl (C=O) groups excluding carboxylic acids is 2. The van der Waals surface area contributed by atoms with Gasteiger partial charge in [-0.2, -0.15) is 0 Å². The summed E-state index contributed by atoms with van der Waals surface area (Å²) in [7, 11) is 2.66. The number of rotatable bonds is 6. The van der Waals surface area contributed by atoms with Gasteiger partial charge in [-0.15, -0.1) is 0 Å². The first kappa shape index (κ1) is 20.4. The fourth-order valence-corrected chi connectivity index (χ4v) is 2.86. The maximum absolute atomic E-state index is 12.3. The quantitative estimate of drug-likeness (QED) is 0.412. The molecule has 0 aromatic heterocycles. The molecule has 1 amide bonds. The molecule has 1 aliphatic heterocycles. The molecule has 0 radical (unpaired) electrons. The van der Waals surface area contributed by atoms with E-state index in [1.165, 1.54) is 19.1 Å². The third kappa shape index (κ3) is 4.85. The highest BCUT2D eigenvalue weighted by atomic mass is 16.6. The van der Waals surface area contributed by atoms with Crippen LogP contribution in [0.1, 0.15) is 24.2 Å². The summed E-state index contributed by atoms with van der Waals surface area (Å²) in [6.07, 6.45) is -0.249. The van der Waals surface area contributed by atoms with Gasteiger partial charge >= 0.3 is 5.97 Å². The Bertz CT molecular complexity index is 726. The fraction of sp³-hybridized carbons (Fsp3) is 0.529. The van der Waals surface area contributed by atoms with Crippen molar-refractivity contribution in [2.45, 2.75) is 26.1 Å². The number of nitrogens with zero attached hydrogens (tertiary/aromatic N) is 2. The smallest absolute Gasteiger partial charge is 0.345 e. The molecule has 1 fully saturated rings. The van der Waals surface area contributed by atoms with Crippen LogP contribution in [0.5, 0.6) is 11.5 Å². The third-order valence-corrected chi connectivity index (χ3v) is 4.02. The summed E-state index contributed by atoms with van der Waals surface area (Å²) in [6, 6.07) is 2.23. The van der Waals surface area contributed by atoms with Gasteiger partial charge < -0.3 is 23.8 Å². The van der Waals surface area contributed by atoms with E-state index in [0.717, 1.165) is 12.1 Å². The van der Waals surface area contributed by atoms with Gasteiger partial charge in [0.05, 0.1) is 37.4 Å². The minimum atomic E-state index is -0.995. The number of nitro groups is 1. The summed E-state index contributed by atoms with van der Waals surface area (Å²) < 4.78 is 20.6. The molecule has 1 aliphatic rings. The number of hydrogen-bond donors (Lipinski definition) is 0. The van der Waals surface area contributed by atoms with Gasteiger partial charge in [0.25, 0.3) is 11.6 Å². The van der Waals surface area contributed by atoms with Gasteiger partial charge in [-0.05, 0) is 13.8 Å². The molecule has 27 heavy (non-hydrogen) atoms. The lowest BCUT2D eigenvalue weighted by Gasteiger charge is -2.35. The van der Waals surface area contributed by atoms with Crippen molar-refractivity contribution in [3.8, 4) is 11.5 Å². The van der Waals surface area contributed by atoms with E-state index < -0.39 is 29.1 Å². The second-order valence-electron chi connectivity index (χ2n) is 6.11. The van der Waals surface area contributed by atoms with Crippen LogP contribution in [0.15, 0.2) is 12.1 Å². The van der Waals surface area contributed by atoms with E-state index >= 15 is 0 Å².